The molecule has 1 saturated heterocycles. The van der Waals surface area contributed by atoms with Crippen LogP contribution in [0.4, 0.5) is 5.69 Å². The summed E-state index contributed by atoms with van der Waals surface area (Å²) in [6.45, 7) is 1.30. The topological polar surface area (TPSA) is 63.4 Å². The van der Waals surface area contributed by atoms with Crippen molar-refractivity contribution in [2.45, 2.75) is 18.8 Å². The molecule has 0 N–H and O–H groups in total. The molecule has 3 aromatic rings. The number of likely N-dealkylation sites (tertiary alicyclic amines) is 1. The lowest BCUT2D eigenvalue weighted by Crippen LogP contribution is -2.38. The van der Waals surface area contributed by atoms with E-state index in [1.165, 1.54) is 4.68 Å². The molecule has 1 aromatic heterocycles. The van der Waals surface area contributed by atoms with Gasteiger partial charge in [-0.3, -0.25) is 4.79 Å². The minimum absolute atomic E-state index is 0.0558. The molecule has 30 heavy (non-hydrogen) atoms. The summed E-state index contributed by atoms with van der Waals surface area (Å²) >= 11 is 0. The Hall–Kier alpha value is -3.35. The average Bonchev–Trinajstić information content (AvgIpc) is 3.08. The van der Waals surface area contributed by atoms with Crippen molar-refractivity contribution in [2.24, 2.45) is 7.05 Å². The van der Waals surface area contributed by atoms with E-state index in [0.717, 1.165) is 30.0 Å². The number of carbonyl (C=O) groups excluding carboxylic acids is 1. The zero-order valence-electron chi connectivity index (χ0n) is 17.7. The van der Waals surface area contributed by atoms with Crippen LogP contribution in [0.5, 0.6) is 0 Å². The van der Waals surface area contributed by atoms with Crippen LogP contribution in [0.2, 0.25) is 0 Å². The van der Waals surface area contributed by atoms with Gasteiger partial charge in [0.2, 0.25) is 0 Å². The number of rotatable bonds is 4. The smallest absolute Gasteiger partial charge is 0.350 e. The first-order valence-corrected chi connectivity index (χ1v) is 10.2. The quantitative estimate of drug-likeness (QED) is 0.670. The zero-order valence-corrected chi connectivity index (χ0v) is 17.7. The summed E-state index contributed by atoms with van der Waals surface area (Å²) in [6.07, 6.45) is 1.57. The van der Waals surface area contributed by atoms with Crippen LogP contribution in [0.25, 0.3) is 5.69 Å². The van der Waals surface area contributed by atoms with Crippen molar-refractivity contribution in [3.05, 3.63) is 76.5 Å². The highest BCUT2D eigenvalue weighted by Crippen LogP contribution is 2.28. The third kappa shape index (κ3) is 3.75. The molecule has 1 aliphatic heterocycles. The van der Waals surface area contributed by atoms with Crippen molar-refractivity contribution in [3.63, 3.8) is 0 Å². The summed E-state index contributed by atoms with van der Waals surface area (Å²) < 4.78 is 3.09. The minimum Gasteiger partial charge on any atom is -0.378 e. The lowest BCUT2D eigenvalue weighted by atomic mass is 9.95. The van der Waals surface area contributed by atoms with Gasteiger partial charge in [0.1, 0.15) is 5.82 Å². The first-order chi connectivity index (χ1) is 14.5. The molecule has 1 aliphatic rings. The highest BCUT2D eigenvalue weighted by atomic mass is 16.2. The number of benzene rings is 2. The third-order valence-corrected chi connectivity index (χ3v) is 5.74. The molecular weight excluding hydrogens is 378 g/mol. The molecule has 2 aromatic carbocycles. The maximum absolute atomic E-state index is 12.9. The zero-order chi connectivity index (χ0) is 21.3. The number of carbonyl (C=O) groups is 1. The number of amides is 1. The van der Waals surface area contributed by atoms with Gasteiger partial charge >= 0.3 is 5.69 Å². The fourth-order valence-corrected chi connectivity index (χ4v) is 3.99. The number of nitrogens with zero attached hydrogens (tertiary/aromatic N) is 5. The van der Waals surface area contributed by atoms with E-state index in [9.17, 15) is 9.59 Å². The van der Waals surface area contributed by atoms with Crippen LogP contribution in [0.15, 0.2) is 59.4 Å². The number of aromatic nitrogens is 3. The molecule has 2 heterocycles. The van der Waals surface area contributed by atoms with E-state index in [-0.39, 0.29) is 17.5 Å². The number of hydrogen-bond donors (Lipinski definition) is 0. The average molecular weight is 406 g/mol. The van der Waals surface area contributed by atoms with Gasteiger partial charge in [-0.05, 0) is 49.2 Å². The minimum atomic E-state index is -0.143. The van der Waals surface area contributed by atoms with E-state index in [2.05, 4.69) is 5.10 Å². The summed E-state index contributed by atoms with van der Waals surface area (Å²) in [5, 5.41) is 4.52. The Morgan fingerprint density at radius 2 is 1.63 bits per heavy atom. The van der Waals surface area contributed by atoms with E-state index in [1.807, 2.05) is 78.5 Å². The molecule has 7 heteroatoms. The maximum Gasteiger partial charge on any atom is 0.350 e. The molecule has 0 saturated carbocycles. The van der Waals surface area contributed by atoms with Crippen LogP contribution in [0.3, 0.4) is 0 Å². The Morgan fingerprint density at radius 1 is 1.00 bits per heavy atom. The Morgan fingerprint density at radius 3 is 2.23 bits per heavy atom. The number of para-hydroxylation sites is 1. The molecule has 0 aliphatic carbocycles. The van der Waals surface area contributed by atoms with Crippen LogP contribution in [0.1, 0.15) is 34.9 Å². The Labute approximate surface area is 176 Å². The number of piperidine rings is 1. The summed E-state index contributed by atoms with van der Waals surface area (Å²) in [6, 6.07) is 17.3. The van der Waals surface area contributed by atoms with Crippen molar-refractivity contribution in [2.75, 3.05) is 32.1 Å². The lowest BCUT2D eigenvalue weighted by molar-refractivity contribution is 0.0710. The van der Waals surface area contributed by atoms with Gasteiger partial charge in [-0.15, -0.1) is 0 Å². The van der Waals surface area contributed by atoms with Gasteiger partial charge in [0.25, 0.3) is 5.91 Å². The Kier molecular flexibility index (Phi) is 5.44. The van der Waals surface area contributed by atoms with E-state index in [1.54, 1.807) is 11.6 Å². The second-order valence-electron chi connectivity index (χ2n) is 7.94. The normalized spacial score (nSPS) is 14.7. The van der Waals surface area contributed by atoms with Gasteiger partial charge in [0, 0.05) is 51.4 Å². The fourth-order valence-electron chi connectivity index (χ4n) is 3.99. The van der Waals surface area contributed by atoms with E-state index in [0.29, 0.717) is 18.7 Å². The molecule has 0 unspecified atom stereocenters. The second kappa shape index (κ2) is 8.18. The van der Waals surface area contributed by atoms with Crippen LogP contribution >= 0.6 is 0 Å². The van der Waals surface area contributed by atoms with E-state index < -0.39 is 0 Å². The summed E-state index contributed by atoms with van der Waals surface area (Å²) in [5.74, 6) is 0.968. The van der Waals surface area contributed by atoms with E-state index in [4.69, 9.17) is 0 Å². The maximum atomic E-state index is 12.9. The number of aryl methyl sites for hydroxylation is 1. The first kappa shape index (κ1) is 19.9. The molecule has 0 spiro atoms. The molecule has 0 bridgehead atoms. The standard InChI is InChI=1S/C23H27N5O2/c1-25(2)19-11-9-18(10-12-19)22(29)27-15-13-17(14-16-27)21-24-26(3)23(30)28(21)20-7-5-4-6-8-20/h4-12,17H,13-16H2,1-3H3. The number of hydrogen-bond acceptors (Lipinski definition) is 4. The second-order valence-corrected chi connectivity index (χ2v) is 7.94. The van der Waals surface area contributed by atoms with Crippen molar-refractivity contribution in [1.29, 1.82) is 0 Å². The first-order valence-electron chi connectivity index (χ1n) is 10.2. The number of anilines is 1. The molecule has 156 valence electrons. The molecule has 1 fully saturated rings. The Balaban J connectivity index is 1.50. The predicted molar refractivity (Wildman–Crippen MR) is 117 cm³/mol. The van der Waals surface area contributed by atoms with Gasteiger partial charge in [-0.1, -0.05) is 18.2 Å². The highest BCUT2D eigenvalue weighted by molar-refractivity contribution is 5.94. The monoisotopic (exact) mass is 405 g/mol. The largest absolute Gasteiger partial charge is 0.378 e. The molecule has 0 atom stereocenters. The van der Waals surface area contributed by atoms with Crippen molar-refractivity contribution in [1.82, 2.24) is 19.2 Å². The van der Waals surface area contributed by atoms with Gasteiger partial charge in [-0.25, -0.2) is 14.0 Å². The van der Waals surface area contributed by atoms with Gasteiger partial charge < -0.3 is 9.80 Å². The van der Waals surface area contributed by atoms with Crippen LogP contribution < -0.4 is 10.6 Å². The lowest BCUT2D eigenvalue weighted by Gasteiger charge is -2.31. The molecule has 4 rings (SSSR count). The fraction of sp³-hybridized carbons (Fsp3) is 0.348. The van der Waals surface area contributed by atoms with Crippen LogP contribution in [-0.2, 0) is 7.05 Å². The van der Waals surface area contributed by atoms with Crippen molar-refractivity contribution >= 4 is 11.6 Å². The van der Waals surface area contributed by atoms with Gasteiger partial charge in [-0.2, -0.15) is 5.10 Å². The third-order valence-electron chi connectivity index (χ3n) is 5.74. The van der Waals surface area contributed by atoms with Gasteiger partial charge in [0.15, 0.2) is 0 Å². The SMILES string of the molecule is CN(C)c1ccc(C(=O)N2CCC(c3nn(C)c(=O)n3-c3ccccc3)CC2)cc1. The highest BCUT2D eigenvalue weighted by Gasteiger charge is 2.29. The summed E-state index contributed by atoms with van der Waals surface area (Å²) in [7, 11) is 5.64. The van der Waals surface area contributed by atoms with Crippen LogP contribution in [-0.4, -0.2) is 52.3 Å². The molecule has 1 amide bonds. The van der Waals surface area contributed by atoms with E-state index >= 15 is 0 Å². The van der Waals surface area contributed by atoms with Crippen LogP contribution in [0, 0.1) is 0 Å². The van der Waals surface area contributed by atoms with Gasteiger partial charge in [0.05, 0.1) is 5.69 Å². The Bertz CT molecular complexity index is 1080. The van der Waals surface area contributed by atoms with Crippen molar-refractivity contribution in [3.8, 4) is 5.69 Å². The molecular formula is C23H27N5O2. The summed E-state index contributed by atoms with van der Waals surface area (Å²) in [4.78, 5) is 29.5. The summed E-state index contributed by atoms with van der Waals surface area (Å²) in [5.41, 5.74) is 2.46. The van der Waals surface area contributed by atoms with Crippen molar-refractivity contribution < 1.29 is 4.79 Å². The molecule has 7 nitrogen and oxygen atoms in total. The molecule has 0 radical (unpaired) electrons. The predicted octanol–water partition coefficient (Wildman–Crippen LogP) is 2.66.